The van der Waals surface area contributed by atoms with Crippen molar-refractivity contribution in [2.75, 3.05) is 28.6 Å². The summed E-state index contributed by atoms with van der Waals surface area (Å²) in [7, 11) is 0. The predicted octanol–water partition coefficient (Wildman–Crippen LogP) is 5.00. The molecule has 2 aromatic carbocycles. The normalized spacial score (nSPS) is 13.9. The van der Waals surface area contributed by atoms with Gasteiger partial charge in [-0.2, -0.15) is 0 Å². The van der Waals surface area contributed by atoms with Gasteiger partial charge in [-0.15, -0.1) is 0 Å². The molecule has 1 aliphatic rings. The summed E-state index contributed by atoms with van der Waals surface area (Å²) in [5.41, 5.74) is 3.89. The highest BCUT2D eigenvalue weighted by molar-refractivity contribution is 9.10. The van der Waals surface area contributed by atoms with Gasteiger partial charge in [0.15, 0.2) is 0 Å². The van der Waals surface area contributed by atoms with Gasteiger partial charge in [-0.1, -0.05) is 6.07 Å². The number of anilines is 3. The van der Waals surface area contributed by atoms with E-state index in [1.807, 2.05) is 37.3 Å². The molecule has 2 aromatic rings. The Morgan fingerprint density at radius 3 is 2.39 bits per heavy atom. The average molecular weight is 374 g/mol. The summed E-state index contributed by atoms with van der Waals surface area (Å²) in [6.07, 6.45) is 2.52. The van der Waals surface area contributed by atoms with Crippen molar-refractivity contribution in [3.05, 3.63) is 52.5 Å². The summed E-state index contributed by atoms with van der Waals surface area (Å²) in [6, 6.07) is 13.6. The molecule has 2 amide bonds. The molecule has 2 N–H and O–H groups in total. The Morgan fingerprint density at radius 1 is 1.04 bits per heavy atom. The Labute approximate surface area is 145 Å². The average Bonchev–Trinajstić information content (AvgIpc) is 3.05. The maximum absolute atomic E-state index is 12.1. The third kappa shape index (κ3) is 4.05. The quantitative estimate of drug-likeness (QED) is 0.794. The number of hydrogen-bond donors (Lipinski definition) is 2. The highest BCUT2D eigenvalue weighted by atomic mass is 79.9. The Balaban J connectivity index is 1.61. The van der Waals surface area contributed by atoms with Gasteiger partial charge in [-0.3, -0.25) is 0 Å². The summed E-state index contributed by atoms with van der Waals surface area (Å²) in [5.74, 6) is 0. The molecule has 0 unspecified atom stereocenters. The highest BCUT2D eigenvalue weighted by Crippen LogP contribution is 2.24. The van der Waals surface area contributed by atoms with Crippen molar-refractivity contribution in [1.29, 1.82) is 0 Å². The number of hydrogen-bond acceptors (Lipinski definition) is 2. The van der Waals surface area contributed by atoms with Crippen molar-refractivity contribution in [3.63, 3.8) is 0 Å². The number of aryl methyl sites for hydroxylation is 1. The molecule has 120 valence electrons. The van der Waals surface area contributed by atoms with Gasteiger partial charge in [0.2, 0.25) is 0 Å². The lowest BCUT2D eigenvalue weighted by atomic mass is 10.2. The van der Waals surface area contributed by atoms with E-state index in [0.717, 1.165) is 34.5 Å². The van der Waals surface area contributed by atoms with Crippen LogP contribution in [0, 0.1) is 6.92 Å². The summed E-state index contributed by atoms with van der Waals surface area (Å²) < 4.78 is 0.872. The number of carbonyl (C=O) groups excluding carboxylic acids is 1. The smallest absolute Gasteiger partial charge is 0.323 e. The molecule has 0 atom stereocenters. The molecule has 0 aromatic heterocycles. The number of amides is 2. The molecule has 1 heterocycles. The first-order valence-corrected chi connectivity index (χ1v) is 8.60. The Bertz CT molecular complexity index is 694. The second-order valence-corrected chi connectivity index (χ2v) is 6.66. The van der Waals surface area contributed by atoms with Crippen molar-refractivity contribution in [3.8, 4) is 0 Å². The van der Waals surface area contributed by atoms with Gasteiger partial charge in [0.05, 0.1) is 5.69 Å². The first kappa shape index (κ1) is 15.9. The van der Waals surface area contributed by atoms with Crippen LogP contribution in [0.15, 0.2) is 46.9 Å². The van der Waals surface area contributed by atoms with E-state index in [-0.39, 0.29) is 6.03 Å². The molecule has 1 saturated heterocycles. The molecule has 0 saturated carbocycles. The van der Waals surface area contributed by atoms with Crippen LogP contribution in [0.3, 0.4) is 0 Å². The third-order valence-corrected chi connectivity index (χ3v) is 4.63. The van der Waals surface area contributed by atoms with Crippen LogP contribution in [0.25, 0.3) is 0 Å². The van der Waals surface area contributed by atoms with Gasteiger partial charge >= 0.3 is 6.03 Å². The fraction of sp³-hybridized carbons (Fsp3) is 0.278. The van der Waals surface area contributed by atoms with Crippen LogP contribution in [0.2, 0.25) is 0 Å². The van der Waals surface area contributed by atoms with Crippen LogP contribution in [0.1, 0.15) is 18.4 Å². The highest BCUT2D eigenvalue weighted by Gasteiger charge is 2.12. The van der Waals surface area contributed by atoms with Gasteiger partial charge in [-0.05, 0) is 77.7 Å². The minimum atomic E-state index is -0.247. The zero-order valence-corrected chi connectivity index (χ0v) is 14.7. The van der Waals surface area contributed by atoms with E-state index in [0.29, 0.717) is 0 Å². The van der Waals surface area contributed by atoms with Gasteiger partial charge in [0, 0.05) is 28.9 Å². The van der Waals surface area contributed by atoms with E-state index in [2.05, 4.69) is 43.6 Å². The summed E-state index contributed by atoms with van der Waals surface area (Å²) in [4.78, 5) is 14.5. The molecule has 4 nitrogen and oxygen atoms in total. The van der Waals surface area contributed by atoms with Crippen molar-refractivity contribution in [2.45, 2.75) is 19.8 Å². The zero-order chi connectivity index (χ0) is 16.2. The molecule has 0 radical (unpaired) electrons. The van der Waals surface area contributed by atoms with Gasteiger partial charge in [0.1, 0.15) is 0 Å². The number of nitrogens with one attached hydrogen (secondary N) is 2. The molecule has 1 fully saturated rings. The SMILES string of the molecule is Cc1ccc(NC(=O)Nc2ccc(N3CCCC3)cc2)c(Br)c1. The van der Waals surface area contributed by atoms with Crippen molar-refractivity contribution in [2.24, 2.45) is 0 Å². The van der Waals surface area contributed by atoms with Crippen molar-refractivity contribution >= 4 is 39.0 Å². The molecule has 1 aliphatic heterocycles. The fourth-order valence-electron chi connectivity index (χ4n) is 2.74. The number of halogens is 1. The lowest BCUT2D eigenvalue weighted by Crippen LogP contribution is -2.20. The van der Waals surface area contributed by atoms with E-state index in [1.165, 1.54) is 18.5 Å². The number of carbonyl (C=O) groups is 1. The summed E-state index contributed by atoms with van der Waals surface area (Å²) in [6.45, 7) is 4.25. The summed E-state index contributed by atoms with van der Waals surface area (Å²) >= 11 is 3.46. The lowest BCUT2D eigenvalue weighted by Gasteiger charge is -2.18. The van der Waals surface area contributed by atoms with E-state index in [1.54, 1.807) is 0 Å². The van der Waals surface area contributed by atoms with Crippen molar-refractivity contribution < 1.29 is 4.79 Å². The van der Waals surface area contributed by atoms with E-state index in [4.69, 9.17) is 0 Å². The van der Waals surface area contributed by atoms with Crippen LogP contribution in [0.5, 0.6) is 0 Å². The molecule has 5 heteroatoms. The predicted molar refractivity (Wildman–Crippen MR) is 99.4 cm³/mol. The Hall–Kier alpha value is -2.01. The lowest BCUT2D eigenvalue weighted by molar-refractivity contribution is 0.262. The van der Waals surface area contributed by atoms with Crippen LogP contribution in [-0.2, 0) is 0 Å². The second kappa shape index (κ2) is 7.04. The van der Waals surface area contributed by atoms with Crippen molar-refractivity contribution in [1.82, 2.24) is 0 Å². The monoisotopic (exact) mass is 373 g/mol. The molecular weight excluding hydrogens is 354 g/mol. The minimum absolute atomic E-state index is 0.247. The fourth-order valence-corrected chi connectivity index (χ4v) is 3.33. The third-order valence-electron chi connectivity index (χ3n) is 3.97. The zero-order valence-electron chi connectivity index (χ0n) is 13.1. The topological polar surface area (TPSA) is 44.4 Å². The Kier molecular flexibility index (Phi) is 4.86. The second-order valence-electron chi connectivity index (χ2n) is 5.80. The number of urea groups is 1. The van der Waals surface area contributed by atoms with E-state index < -0.39 is 0 Å². The van der Waals surface area contributed by atoms with Crippen LogP contribution < -0.4 is 15.5 Å². The maximum atomic E-state index is 12.1. The molecule has 0 spiro atoms. The van der Waals surface area contributed by atoms with Gasteiger partial charge < -0.3 is 15.5 Å². The van der Waals surface area contributed by atoms with E-state index >= 15 is 0 Å². The Morgan fingerprint density at radius 2 is 1.74 bits per heavy atom. The standard InChI is InChI=1S/C18H20BrN3O/c1-13-4-9-17(16(19)12-13)21-18(23)20-14-5-7-15(8-6-14)22-10-2-3-11-22/h4-9,12H,2-3,10-11H2,1H3,(H2,20,21,23). The maximum Gasteiger partial charge on any atom is 0.323 e. The van der Waals surface area contributed by atoms with Gasteiger partial charge in [-0.25, -0.2) is 4.79 Å². The first-order chi connectivity index (χ1) is 11.1. The van der Waals surface area contributed by atoms with E-state index in [9.17, 15) is 4.79 Å². The number of nitrogens with zero attached hydrogens (tertiary/aromatic N) is 1. The van der Waals surface area contributed by atoms with Crippen LogP contribution >= 0.6 is 15.9 Å². The molecule has 0 bridgehead atoms. The summed E-state index contributed by atoms with van der Waals surface area (Å²) in [5, 5.41) is 5.71. The molecule has 0 aliphatic carbocycles. The molecule has 23 heavy (non-hydrogen) atoms. The molecule has 3 rings (SSSR count). The molecular formula is C18H20BrN3O. The largest absolute Gasteiger partial charge is 0.372 e. The number of benzene rings is 2. The van der Waals surface area contributed by atoms with Gasteiger partial charge in [0.25, 0.3) is 0 Å². The minimum Gasteiger partial charge on any atom is -0.372 e. The first-order valence-electron chi connectivity index (χ1n) is 7.81. The van der Waals surface area contributed by atoms with Crippen LogP contribution in [0.4, 0.5) is 21.9 Å². The number of rotatable bonds is 3. The van der Waals surface area contributed by atoms with Crippen LogP contribution in [-0.4, -0.2) is 19.1 Å².